The van der Waals surface area contributed by atoms with Gasteiger partial charge in [-0.3, -0.25) is 9.10 Å². The van der Waals surface area contributed by atoms with Crippen LogP contribution in [0.2, 0.25) is 10.0 Å². The summed E-state index contributed by atoms with van der Waals surface area (Å²) in [7, 11) is -1.91. The molecule has 0 saturated heterocycles. The standard InChI is InChI=1S/C24H20Cl2N2O7S/c1-34-23(30)15-8-9-20(24(31)35-2)21(10-15)27-22(29)14-28(18-12-16(25)11-17(26)13-18)36(32,33)19-6-4-3-5-7-19/h3-13H,14H2,1-2H3,(H,27,29). The quantitative estimate of drug-likeness (QED) is 0.412. The number of carbonyl (C=O) groups is 3. The Bertz CT molecular complexity index is 1390. The maximum absolute atomic E-state index is 13.5. The average Bonchev–Trinajstić information content (AvgIpc) is 2.86. The zero-order chi connectivity index (χ0) is 26.5. The van der Waals surface area contributed by atoms with Crippen LogP contribution in [0.15, 0.2) is 71.6 Å². The Morgan fingerprint density at radius 1 is 0.861 bits per heavy atom. The zero-order valence-electron chi connectivity index (χ0n) is 19.0. The van der Waals surface area contributed by atoms with Gasteiger partial charge in [-0.1, -0.05) is 41.4 Å². The lowest BCUT2D eigenvalue weighted by molar-refractivity contribution is -0.114. The Labute approximate surface area is 217 Å². The Balaban J connectivity index is 2.03. The maximum Gasteiger partial charge on any atom is 0.339 e. The number of carbonyl (C=O) groups excluding carboxylic acids is 3. The van der Waals surface area contributed by atoms with Gasteiger partial charge in [0.05, 0.1) is 41.6 Å². The summed E-state index contributed by atoms with van der Waals surface area (Å²) in [5, 5.41) is 2.79. The van der Waals surface area contributed by atoms with Crippen LogP contribution in [0.4, 0.5) is 11.4 Å². The van der Waals surface area contributed by atoms with Gasteiger partial charge in [0.25, 0.3) is 10.0 Å². The molecule has 1 amide bonds. The molecule has 36 heavy (non-hydrogen) atoms. The van der Waals surface area contributed by atoms with Crippen molar-refractivity contribution in [3.63, 3.8) is 0 Å². The molecule has 0 fully saturated rings. The minimum atomic E-state index is -4.24. The first-order valence-electron chi connectivity index (χ1n) is 10.2. The number of methoxy groups -OCH3 is 2. The summed E-state index contributed by atoms with van der Waals surface area (Å²) in [6.45, 7) is -0.711. The number of anilines is 2. The molecule has 3 aromatic carbocycles. The summed E-state index contributed by atoms with van der Waals surface area (Å²) in [6, 6.07) is 15.4. The lowest BCUT2D eigenvalue weighted by atomic mass is 10.1. The topological polar surface area (TPSA) is 119 Å². The van der Waals surface area contributed by atoms with Crippen molar-refractivity contribution in [3.05, 3.63) is 87.9 Å². The number of sulfonamides is 1. The second-order valence-electron chi connectivity index (χ2n) is 7.24. The van der Waals surface area contributed by atoms with Gasteiger partial charge in [-0.05, 0) is 48.5 Å². The van der Waals surface area contributed by atoms with E-state index in [0.29, 0.717) is 0 Å². The van der Waals surface area contributed by atoms with Crippen molar-refractivity contribution in [2.75, 3.05) is 30.4 Å². The molecule has 0 radical (unpaired) electrons. The van der Waals surface area contributed by atoms with Crippen LogP contribution in [0.25, 0.3) is 0 Å². The fourth-order valence-corrected chi connectivity index (χ4v) is 5.16. The van der Waals surface area contributed by atoms with E-state index in [1.54, 1.807) is 6.07 Å². The molecule has 0 spiro atoms. The molecule has 9 nitrogen and oxygen atoms in total. The Kier molecular flexibility index (Phi) is 8.57. The van der Waals surface area contributed by atoms with Crippen LogP contribution < -0.4 is 9.62 Å². The number of halogens is 2. The summed E-state index contributed by atoms with van der Waals surface area (Å²) >= 11 is 12.2. The summed E-state index contributed by atoms with van der Waals surface area (Å²) < 4.78 is 37.2. The highest BCUT2D eigenvalue weighted by Crippen LogP contribution is 2.30. The van der Waals surface area contributed by atoms with Gasteiger partial charge in [0.15, 0.2) is 0 Å². The van der Waals surface area contributed by atoms with Crippen LogP contribution in [-0.4, -0.2) is 47.0 Å². The highest BCUT2D eigenvalue weighted by molar-refractivity contribution is 7.92. The van der Waals surface area contributed by atoms with E-state index in [4.69, 9.17) is 27.9 Å². The normalized spacial score (nSPS) is 10.9. The first-order chi connectivity index (χ1) is 17.1. The molecule has 188 valence electrons. The molecular formula is C24H20Cl2N2O7S. The minimum absolute atomic E-state index is 0.0444. The number of hydrogen-bond acceptors (Lipinski definition) is 7. The molecule has 0 saturated carbocycles. The van der Waals surface area contributed by atoms with Crippen molar-refractivity contribution in [3.8, 4) is 0 Å². The van der Waals surface area contributed by atoms with Crippen molar-refractivity contribution >= 4 is 62.4 Å². The van der Waals surface area contributed by atoms with Gasteiger partial charge in [0, 0.05) is 10.0 Å². The monoisotopic (exact) mass is 550 g/mol. The third-order valence-electron chi connectivity index (χ3n) is 4.87. The van der Waals surface area contributed by atoms with Gasteiger partial charge in [-0.25, -0.2) is 18.0 Å². The SMILES string of the molecule is COC(=O)c1ccc(C(=O)OC)c(NC(=O)CN(c2cc(Cl)cc(Cl)c2)S(=O)(=O)c2ccccc2)c1. The predicted molar refractivity (Wildman–Crippen MR) is 135 cm³/mol. The molecule has 0 aliphatic rings. The van der Waals surface area contributed by atoms with E-state index in [2.05, 4.69) is 10.1 Å². The van der Waals surface area contributed by atoms with E-state index in [-0.39, 0.29) is 37.4 Å². The van der Waals surface area contributed by atoms with E-state index in [9.17, 15) is 22.8 Å². The van der Waals surface area contributed by atoms with E-state index in [1.807, 2.05) is 0 Å². The molecule has 0 atom stereocenters. The van der Waals surface area contributed by atoms with E-state index in [0.717, 1.165) is 11.4 Å². The van der Waals surface area contributed by atoms with Crippen LogP contribution >= 0.6 is 23.2 Å². The van der Waals surface area contributed by atoms with Crippen molar-refractivity contribution in [2.45, 2.75) is 4.90 Å². The number of esters is 2. The fourth-order valence-electron chi connectivity index (χ4n) is 3.22. The first kappa shape index (κ1) is 27.0. The number of ether oxygens (including phenoxy) is 2. The average molecular weight is 551 g/mol. The molecular weight excluding hydrogens is 531 g/mol. The predicted octanol–water partition coefficient (Wildman–Crippen LogP) is 4.40. The minimum Gasteiger partial charge on any atom is -0.465 e. The van der Waals surface area contributed by atoms with E-state index >= 15 is 0 Å². The van der Waals surface area contributed by atoms with E-state index in [1.165, 1.54) is 67.8 Å². The van der Waals surface area contributed by atoms with Gasteiger partial charge in [0.2, 0.25) is 5.91 Å². The zero-order valence-corrected chi connectivity index (χ0v) is 21.4. The third-order valence-corrected chi connectivity index (χ3v) is 7.10. The summed E-state index contributed by atoms with van der Waals surface area (Å²) in [5.41, 5.74) is -0.0310. The molecule has 0 aliphatic carbocycles. The van der Waals surface area contributed by atoms with Gasteiger partial charge in [-0.15, -0.1) is 0 Å². The molecule has 0 heterocycles. The molecule has 0 bridgehead atoms. The number of hydrogen-bond donors (Lipinski definition) is 1. The molecule has 0 aromatic heterocycles. The lowest BCUT2D eigenvalue weighted by Crippen LogP contribution is -2.38. The highest BCUT2D eigenvalue weighted by Gasteiger charge is 2.28. The van der Waals surface area contributed by atoms with Crippen molar-refractivity contribution in [1.82, 2.24) is 0 Å². The molecule has 1 N–H and O–H groups in total. The Hall–Kier alpha value is -3.60. The maximum atomic E-state index is 13.5. The van der Waals surface area contributed by atoms with Crippen LogP contribution in [0.1, 0.15) is 20.7 Å². The second kappa shape index (κ2) is 11.4. The first-order valence-corrected chi connectivity index (χ1v) is 12.4. The summed E-state index contributed by atoms with van der Waals surface area (Å²) in [5.74, 6) is -2.31. The van der Waals surface area contributed by atoms with Crippen molar-refractivity contribution < 1.29 is 32.3 Å². The summed E-state index contributed by atoms with van der Waals surface area (Å²) in [4.78, 5) is 37.2. The van der Waals surface area contributed by atoms with Crippen LogP contribution in [0, 0.1) is 0 Å². The largest absolute Gasteiger partial charge is 0.465 e. The lowest BCUT2D eigenvalue weighted by Gasteiger charge is -2.24. The van der Waals surface area contributed by atoms with Gasteiger partial charge >= 0.3 is 11.9 Å². The molecule has 3 aromatic rings. The number of nitrogens with zero attached hydrogens (tertiary/aromatic N) is 1. The number of benzene rings is 3. The van der Waals surface area contributed by atoms with Gasteiger partial charge in [-0.2, -0.15) is 0 Å². The summed E-state index contributed by atoms with van der Waals surface area (Å²) in [6.07, 6.45) is 0. The highest BCUT2D eigenvalue weighted by atomic mass is 35.5. The molecule has 12 heteroatoms. The number of nitrogens with one attached hydrogen (secondary N) is 1. The van der Waals surface area contributed by atoms with Gasteiger partial charge < -0.3 is 14.8 Å². The third kappa shape index (κ3) is 6.14. The smallest absolute Gasteiger partial charge is 0.339 e. The van der Waals surface area contributed by atoms with E-state index < -0.39 is 34.4 Å². The van der Waals surface area contributed by atoms with Crippen LogP contribution in [0.3, 0.4) is 0 Å². The van der Waals surface area contributed by atoms with Crippen molar-refractivity contribution in [2.24, 2.45) is 0 Å². The number of amides is 1. The molecule has 0 aliphatic heterocycles. The second-order valence-corrected chi connectivity index (χ2v) is 9.98. The molecule has 3 rings (SSSR count). The Morgan fingerprint density at radius 3 is 2.06 bits per heavy atom. The number of rotatable bonds is 8. The Morgan fingerprint density at radius 2 is 1.47 bits per heavy atom. The van der Waals surface area contributed by atoms with Crippen LogP contribution in [0.5, 0.6) is 0 Å². The van der Waals surface area contributed by atoms with Gasteiger partial charge in [0.1, 0.15) is 6.54 Å². The van der Waals surface area contributed by atoms with Crippen LogP contribution in [-0.2, 0) is 24.3 Å². The van der Waals surface area contributed by atoms with Crippen molar-refractivity contribution in [1.29, 1.82) is 0 Å². The molecule has 0 unspecified atom stereocenters. The fraction of sp³-hybridized carbons (Fsp3) is 0.125.